The maximum atomic E-state index is 5.00. The largest absolute Gasteiger partial charge is 0.249 e. The lowest BCUT2D eigenvalue weighted by molar-refractivity contribution is 1.10. The first-order chi connectivity index (χ1) is 15.6. The third-order valence-corrected chi connectivity index (χ3v) is 8.40. The van der Waals surface area contributed by atoms with Gasteiger partial charge in [-0.2, -0.15) is 0 Å². The summed E-state index contributed by atoms with van der Waals surface area (Å²) in [5.41, 5.74) is 7.48. The fourth-order valence-electron chi connectivity index (χ4n) is 4.13. The second kappa shape index (κ2) is 8.65. The molecule has 0 saturated carbocycles. The third-order valence-electron chi connectivity index (χ3n) is 5.90. The van der Waals surface area contributed by atoms with E-state index >= 15 is 0 Å². The lowest BCUT2D eigenvalue weighted by Crippen LogP contribution is -2.22. The Kier molecular flexibility index (Phi) is 5.55. The van der Waals surface area contributed by atoms with Gasteiger partial charge in [-0.05, 0) is 55.7 Å². The van der Waals surface area contributed by atoms with E-state index in [2.05, 4.69) is 104 Å². The molecule has 0 atom stereocenters. The SMILES string of the molecule is Cc1nc2c(C)ccc(-c3ccccc3P(c3ccccc3)c3ccccc3)c2nc1C. The highest BCUT2D eigenvalue weighted by molar-refractivity contribution is 7.80. The molecule has 0 aliphatic rings. The van der Waals surface area contributed by atoms with Crippen LogP contribution in [0.2, 0.25) is 0 Å². The normalized spacial score (nSPS) is 11.2. The fraction of sp³-hybridized carbons (Fsp3) is 0.103. The van der Waals surface area contributed by atoms with Gasteiger partial charge in [-0.3, -0.25) is 0 Å². The van der Waals surface area contributed by atoms with Crippen molar-refractivity contribution < 1.29 is 0 Å². The zero-order valence-corrected chi connectivity index (χ0v) is 19.5. The monoisotopic (exact) mass is 432 g/mol. The molecule has 0 fully saturated rings. The van der Waals surface area contributed by atoms with Crippen LogP contribution in [0.5, 0.6) is 0 Å². The molecule has 0 spiro atoms. The summed E-state index contributed by atoms with van der Waals surface area (Å²) in [5.74, 6) is 0. The van der Waals surface area contributed by atoms with Crippen molar-refractivity contribution in [2.24, 2.45) is 0 Å². The van der Waals surface area contributed by atoms with Gasteiger partial charge in [-0.15, -0.1) is 0 Å². The smallest absolute Gasteiger partial charge is 0.0971 e. The van der Waals surface area contributed by atoms with Gasteiger partial charge in [0.15, 0.2) is 0 Å². The number of aryl methyl sites for hydroxylation is 3. The van der Waals surface area contributed by atoms with Gasteiger partial charge in [0.2, 0.25) is 0 Å². The van der Waals surface area contributed by atoms with Crippen molar-refractivity contribution in [2.45, 2.75) is 20.8 Å². The average Bonchev–Trinajstić information content (AvgIpc) is 2.83. The first kappa shape index (κ1) is 20.5. The quantitative estimate of drug-likeness (QED) is 0.327. The van der Waals surface area contributed by atoms with E-state index in [4.69, 9.17) is 9.97 Å². The molecule has 0 saturated heterocycles. The van der Waals surface area contributed by atoms with Gasteiger partial charge in [0.25, 0.3) is 0 Å². The van der Waals surface area contributed by atoms with Gasteiger partial charge in [-0.1, -0.05) is 97.1 Å². The Bertz CT molecular complexity index is 1360. The first-order valence-corrected chi connectivity index (χ1v) is 12.2. The van der Waals surface area contributed by atoms with E-state index in [0.29, 0.717) is 0 Å². The van der Waals surface area contributed by atoms with E-state index in [1.807, 2.05) is 13.8 Å². The summed E-state index contributed by atoms with van der Waals surface area (Å²) in [6.07, 6.45) is 0. The minimum absolute atomic E-state index is 0.716. The Morgan fingerprint density at radius 3 is 1.66 bits per heavy atom. The Labute approximate surface area is 190 Å². The molecule has 1 aromatic heterocycles. The first-order valence-electron chi connectivity index (χ1n) is 10.9. The maximum Gasteiger partial charge on any atom is 0.0971 e. The van der Waals surface area contributed by atoms with Crippen LogP contribution < -0.4 is 15.9 Å². The number of hydrogen-bond donors (Lipinski definition) is 0. The third kappa shape index (κ3) is 3.72. The minimum Gasteiger partial charge on any atom is -0.249 e. The predicted octanol–water partition coefficient (Wildman–Crippen LogP) is 5.98. The van der Waals surface area contributed by atoms with Crippen LogP contribution in [-0.4, -0.2) is 9.97 Å². The zero-order valence-electron chi connectivity index (χ0n) is 18.6. The van der Waals surface area contributed by atoms with Crippen LogP contribution in [-0.2, 0) is 0 Å². The number of benzene rings is 4. The molecule has 0 unspecified atom stereocenters. The summed E-state index contributed by atoms with van der Waals surface area (Å²) in [6, 6.07) is 34.9. The average molecular weight is 433 g/mol. The lowest BCUT2D eigenvalue weighted by Gasteiger charge is -2.23. The van der Waals surface area contributed by atoms with Crippen molar-refractivity contribution in [3.05, 3.63) is 114 Å². The van der Waals surface area contributed by atoms with Crippen molar-refractivity contribution in [3.8, 4) is 11.1 Å². The van der Waals surface area contributed by atoms with Crippen LogP contribution in [0.3, 0.4) is 0 Å². The van der Waals surface area contributed by atoms with Crippen LogP contribution in [0.4, 0.5) is 0 Å². The van der Waals surface area contributed by atoms with Crippen molar-refractivity contribution >= 4 is 34.9 Å². The Morgan fingerprint density at radius 2 is 1.03 bits per heavy atom. The molecule has 156 valence electrons. The van der Waals surface area contributed by atoms with Gasteiger partial charge in [0, 0.05) is 5.56 Å². The summed E-state index contributed by atoms with van der Waals surface area (Å²) < 4.78 is 0. The molecule has 1 heterocycles. The van der Waals surface area contributed by atoms with Gasteiger partial charge < -0.3 is 0 Å². The molecular formula is C29H25N2P. The van der Waals surface area contributed by atoms with Crippen LogP contribution >= 0.6 is 7.92 Å². The topological polar surface area (TPSA) is 25.8 Å². The summed E-state index contributed by atoms with van der Waals surface area (Å²) in [5, 5.41) is 4.02. The molecule has 0 amide bonds. The fourth-order valence-corrected chi connectivity index (χ4v) is 6.59. The van der Waals surface area contributed by atoms with E-state index in [0.717, 1.165) is 33.5 Å². The molecule has 32 heavy (non-hydrogen) atoms. The minimum atomic E-state index is -0.716. The van der Waals surface area contributed by atoms with Crippen LogP contribution in [0.15, 0.2) is 97.1 Å². The van der Waals surface area contributed by atoms with Crippen molar-refractivity contribution in [1.82, 2.24) is 9.97 Å². The van der Waals surface area contributed by atoms with E-state index in [9.17, 15) is 0 Å². The van der Waals surface area contributed by atoms with E-state index in [1.165, 1.54) is 21.5 Å². The summed E-state index contributed by atoms with van der Waals surface area (Å²) in [6.45, 7) is 6.19. The molecule has 3 heteroatoms. The Morgan fingerprint density at radius 1 is 0.500 bits per heavy atom. The van der Waals surface area contributed by atoms with Crippen molar-refractivity contribution in [2.75, 3.05) is 0 Å². The highest BCUT2D eigenvalue weighted by atomic mass is 31.1. The molecule has 4 aromatic carbocycles. The molecule has 0 aliphatic heterocycles. The Hall–Kier alpha value is -3.35. The molecular weight excluding hydrogens is 407 g/mol. The number of nitrogens with zero attached hydrogens (tertiary/aromatic N) is 2. The zero-order chi connectivity index (χ0) is 22.1. The standard InChI is InChI=1S/C29H25N2P/c1-20-18-19-26(29-28(20)30-21(2)22(3)31-29)25-16-10-11-17-27(25)32(23-12-6-4-7-13-23)24-14-8-5-9-15-24/h4-19H,1-3H3. The summed E-state index contributed by atoms with van der Waals surface area (Å²) in [7, 11) is -0.716. The van der Waals surface area contributed by atoms with E-state index in [1.54, 1.807) is 0 Å². The maximum absolute atomic E-state index is 5.00. The number of fused-ring (bicyclic) bond motifs is 1. The summed E-state index contributed by atoms with van der Waals surface area (Å²) in [4.78, 5) is 9.90. The second-order valence-corrected chi connectivity index (χ2v) is 10.2. The van der Waals surface area contributed by atoms with Gasteiger partial charge in [0.05, 0.1) is 22.4 Å². The molecule has 0 radical (unpaired) electrons. The molecule has 2 nitrogen and oxygen atoms in total. The molecule has 5 rings (SSSR count). The van der Waals surface area contributed by atoms with Crippen LogP contribution in [0, 0.1) is 20.8 Å². The van der Waals surface area contributed by atoms with Crippen molar-refractivity contribution in [3.63, 3.8) is 0 Å². The highest BCUT2D eigenvalue weighted by Gasteiger charge is 2.21. The van der Waals surface area contributed by atoms with Gasteiger partial charge in [-0.25, -0.2) is 9.97 Å². The molecule has 0 bridgehead atoms. The van der Waals surface area contributed by atoms with Gasteiger partial charge in [0.1, 0.15) is 0 Å². The molecule has 5 aromatic rings. The number of aromatic nitrogens is 2. The van der Waals surface area contributed by atoms with Crippen molar-refractivity contribution in [1.29, 1.82) is 0 Å². The van der Waals surface area contributed by atoms with Crippen LogP contribution in [0.25, 0.3) is 22.2 Å². The van der Waals surface area contributed by atoms with E-state index < -0.39 is 7.92 Å². The van der Waals surface area contributed by atoms with Gasteiger partial charge >= 0.3 is 0 Å². The summed E-state index contributed by atoms with van der Waals surface area (Å²) >= 11 is 0. The Balaban J connectivity index is 1.80. The van der Waals surface area contributed by atoms with E-state index in [-0.39, 0.29) is 0 Å². The number of hydrogen-bond acceptors (Lipinski definition) is 2. The molecule has 0 aliphatic carbocycles. The lowest BCUT2D eigenvalue weighted by atomic mass is 10.0. The predicted molar refractivity (Wildman–Crippen MR) is 138 cm³/mol. The van der Waals surface area contributed by atoms with Crippen LogP contribution in [0.1, 0.15) is 17.0 Å². The second-order valence-electron chi connectivity index (χ2n) is 8.05. The number of rotatable bonds is 4. The highest BCUT2D eigenvalue weighted by Crippen LogP contribution is 2.38. The molecule has 0 N–H and O–H groups in total.